The number of benzene rings is 2. The van der Waals surface area contributed by atoms with E-state index in [2.05, 4.69) is 37.2 Å². The van der Waals surface area contributed by atoms with Crippen molar-refractivity contribution in [2.75, 3.05) is 17.1 Å². The summed E-state index contributed by atoms with van der Waals surface area (Å²) in [5.74, 6) is -0.801. The van der Waals surface area contributed by atoms with Crippen molar-refractivity contribution in [1.82, 2.24) is 10.2 Å². The van der Waals surface area contributed by atoms with Gasteiger partial charge in [-0.2, -0.15) is 0 Å². The van der Waals surface area contributed by atoms with Crippen LogP contribution in [0.5, 0.6) is 0 Å². The number of carbonyl (C=O) groups excluding carboxylic acids is 2. The summed E-state index contributed by atoms with van der Waals surface area (Å²) in [7, 11) is -3.75. The normalized spacial score (nSPS) is 12.7. The molecule has 0 fully saturated rings. The third kappa shape index (κ3) is 8.42. The van der Waals surface area contributed by atoms with Crippen molar-refractivity contribution >= 4 is 59.4 Å². The molecule has 10 heteroatoms. The average molecular weight is 603 g/mol. The molecule has 33 heavy (non-hydrogen) atoms. The molecule has 0 radical (unpaired) electrons. The maximum atomic E-state index is 13.4. The summed E-state index contributed by atoms with van der Waals surface area (Å²) in [4.78, 5) is 27.7. The van der Waals surface area contributed by atoms with E-state index in [9.17, 15) is 18.0 Å². The second kappa shape index (κ2) is 11.0. The molecule has 0 spiro atoms. The van der Waals surface area contributed by atoms with Crippen LogP contribution in [-0.2, 0) is 26.2 Å². The van der Waals surface area contributed by atoms with Gasteiger partial charge in [-0.1, -0.05) is 44.0 Å². The van der Waals surface area contributed by atoms with E-state index in [0.29, 0.717) is 5.69 Å². The summed E-state index contributed by atoms with van der Waals surface area (Å²) in [5, 5.41) is 2.89. The van der Waals surface area contributed by atoms with Crippen molar-refractivity contribution in [2.45, 2.75) is 45.8 Å². The van der Waals surface area contributed by atoms with E-state index in [-0.39, 0.29) is 12.5 Å². The van der Waals surface area contributed by atoms with E-state index >= 15 is 0 Å². The van der Waals surface area contributed by atoms with Crippen LogP contribution in [0.25, 0.3) is 0 Å². The Bertz CT molecular complexity index is 1080. The predicted octanol–water partition coefficient (Wildman–Crippen LogP) is 4.31. The quantitative estimate of drug-likeness (QED) is 0.488. The lowest BCUT2D eigenvalue weighted by Crippen LogP contribution is -2.54. The zero-order valence-electron chi connectivity index (χ0n) is 19.3. The first-order valence-electron chi connectivity index (χ1n) is 10.3. The summed E-state index contributed by atoms with van der Waals surface area (Å²) >= 11 is 6.72. The van der Waals surface area contributed by atoms with Crippen LogP contribution >= 0.6 is 31.9 Å². The summed E-state index contributed by atoms with van der Waals surface area (Å²) in [5.41, 5.74) is 0.703. The van der Waals surface area contributed by atoms with Crippen LogP contribution < -0.4 is 9.62 Å². The highest BCUT2D eigenvalue weighted by atomic mass is 79.9. The predicted molar refractivity (Wildman–Crippen MR) is 138 cm³/mol. The molecule has 0 aromatic heterocycles. The molecular weight excluding hydrogens is 574 g/mol. The van der Waals surface area contributed by atoms with Gasteiger partial charge in [0.2, 0.25) is 21.8 Å². The van der Waals surface area contributed by atoms with Crippen LogP contribution in [0.1, 0.15) is 33.3 Å². The Balaban J connectivity index is 2.38. The molecule has 0 saturated carbocycles. The number of nitrogens with one attached hydrogen (secondary N) is 1. The molecule has 2 aromatic carbocycles. The van der Waals surface area contributed by atoms with Crippen molar-refractivity contribution in [1.29, 1.82) is 0 Å². The first-order chi connectivity index (χ1) is 15.2. The fourth-order valence-corrected chi connectivity index (χ4v) is 4.44. The molecule has 0 aliphatic heterocycles. The lowest BCUT2D eigenvalue weighted by molar-refractivity contribution is -0.140. The van der Waals surface area contributed by atoms with E-state index in [1.807, 2.05) is 45.0 Å². The minimum absolute atomic E-state index is 0.156. The topological polar surface area (TPSA) is 86.8 Å². The van der Waals surface area contributed by atoms with Gasteiger partial charge in [0.25, 0.3) is 0 Å². The molecule has 0 bridgehead atoms. The zero-order valence-corrected chi connectivity index (χ0v) is 23.3. The molecule has 0 saturated heterocycles. The van der Waals surface area contributed by atoms with Crippen LogP contribution in [-0.4, -0.2) is 49.5 Å². The maximum Gasteiger partial charge on any atom is 0.244 e. The largest absolute Gasteiger partial charge is 0.350 e. The van der Waals surface area contributed by atoms with Crippen molar-refractivity contribution in [2.24, 2.45) is 0 Å². The maximum absolute atomic E-state index is 13.4. The van der Waals surface area contributed by atoms with Gasteiger partial charge in [0, 0.05) is 21.0 Å². The van der Waals surface area contributed by atoms with Crippen LogP contribution in [0.15, 0.2) is 57.5 Å². The lowest BCUT2D eigenvalue weighted by Gasteiger charge is -2.33. The third-order valence-corrected chi connectivity index (χ3v) is 6.92. The number of hydrogen-bond donors (Lipinski definition) is 1. The van der Waals surface area contributed by atoms with Crippen LogP contribution in [0.2, 0.25) is 0 Å². The second-order valence-electron chi connectivity index (χ2n) is 8.81. The van der Waals surface area contributed by atoms with Gasteiger partial charge in [0.05, 0.1) is 11.9 Å². The Morgan fingerprint density at radius 3 is 1.91 bits per heavy atom. The monoisotopic (exact) mass is 601 g/mol. The molecule has 0 unspecified atom stereocenters. The highest BCUT2D eigenvalue weighted by molar-refractivity contribution is 9.10. The number of carbonyl (C=O) groups is 2. The number of nitrogens with zero attached hydrogens (tertiary/aromatic N) is 2. The van der Waals surface area contributed by atoms with Gasteiger partial charge in [-0.25, -0.2) is 8.42 Å². The van der Waals surface area contributed by atoms with Gasteiger partial charge in [-0.15, -0.1) is 0 Å². The third-order valence-electron chi connectivity index (χ3n) is 4.73. The smallest absolute Gasteiger partial charge is 0.244 e. The second-order valence-corrected chi connectivity index (χ2v) is 12.5. The Morgan fingerprint density at radius 2 is 1.45 bits per heavy atom. The van der Waals surface area contributed by atoms with Crippen LogP contribution in [0.3, 0.4) is 0 Å². The van der Waals surface area contributed by atoms with E-state index in [0.717, 1.165) is 25.1 Å². The summed E-state index contributed by atoms with van der Waals surface area (Å²) in [6.45, 7) is 6.95. The van der Waals surface area contributed by atoms with Gasteiger partial charge < -0.3 is 10.2 Å². The molecule has 180 valence electrons. The summed E-state index contributed by atoms with van der Waals surface area (Å²) in [6.07, 6.45) is 1.05. The molecule has 1 atom stereocenters. The first-order valence-corrected chi connectivity index (χ1v) is 13.7. The van der Waals surface area contributed by atoms with E-state index in [4.69, 9.17) is 0 Å². The molecule has 0 aliphatic rings. The van der Waals surface area contributed by atoms with Gasteiger partial charge in [-0.3, -0.25) is 13.9 Å². The molecular formula is C23H29Br2N3O4S. The number of amides is 2. The SMILES string of the molecule is C[C@@H](C(=O)NC(C)(C)C)N(Cc1ccc(Br)cc1)C(=O)CN(c1ccc(Br)cc1)S(C)(=O)=O. The molecule has 1 N–H and O–H groups in total. The van der Waals surface area contributed by atoms with Crippen molar-refractivity contribution in [3.8, 4) is 0 Å². The first kappa shape index (κ1) is 27.3. The molecule has 0 aliphatic carbocycles. The summed E-state index contributed by atoms with van der Waals surface area (Å²) < 4.78 is 27.8. The Hall–Kier alpha value is -1.91. The van der Waals surface area contributed by atoms with Crippen molar-refractivity contribution in [3.63, 3.8) is 0 Å². The van der Waals surface area contributed by atoms with Gasteiger partial charge >= 0.3 is 0 Å². The van der Waals surface area contributed by atoms with Gasteiger partial charge in [0.1, 0.15) is 12.6 Å². The molecule has 7 nitrogen and oxygen atoms in total. The minimum Gasteiger partial charge on any atom is -0.350 e. The van der Waals surface area contributed by atoms with Crippen LogP contribution in [0.4, 0.5) is 5.69 Å². The van der Waals surface area contributed by atoms with Crippen LogP contribution in [0, 0.1) is 0 Å². The molecule has 0 heterocycles. The fourth-order valence-electron chi connectivity index (χ4n) is 3.06. The molecule has 2 rings (SSSR count). The molecule has 2 aromatic rings. The van der Waals surface area contributed by atoms with E-state index in [1.165, 1.54) is 4.90 Å². The Labute approximate surface area is 212 Å². The number of hydrogen-bond acceptors (Lipinski definition) is 4. The lowest BCUT2D eigenvalue weighted by atomic mass is 10.1. The number of rotatable bonds is 8. The number of anilines is 1. The Morgan fingerprint density at radius 1 is 0.970 bits per heavy atom. The highest BCUT2D eigenvalue weighted by Gasteiger charge is 2.31. The van der Waals surface area contributed by atoms with Gasteiger partial charge in [-0.05, 0) is 69.7 Å². The van der Waals surface area contributed by atoms with E-state index < -0.39 is 34.1 Å². The van der Waals surface area contributed by atoms with Gasteiger partial charge in [0.15, 0.2) is 0 Å². The van der Waals surface area contributed by atoms with Crippen molar-refractivity contribution < 1.29 is 18.0 Å². The number of sulfonamides is 1. The minimum atomic E-state index is -3.75. The van der Waals surface area contributed by atoms with Crippen molar-refractivity contribution in [3.05, 3.63) is 63.0 Å². The zero-order chi connectivity index (χ0) is 25.0. The average Bonchev–Trinajstić information content (AvgIpc) is 2.69. The standard InChI is InChI=1S/C23H29Br2N3O4S/c1-16(22(30)26-23(2,3)4)27(14-17-6-8-18(24)9-7-17)21(29)15-28(33(5,31)32)20-12-10-19(25)11-13-20/h6-13,16H,14-15H2,1-5H3,(H,26,30)/t16-/m0/s1. The highest BCUT2D eigenvalue weighted by Crippen LogP contribution is 2.22. The summed E-state index contributed by atoms with van der Waals surface area (Å²) in [6, 6.07) is 13.2. The van der Waals surface area contributed by atoms with E-state index in [1.54, 1.807) is 31.2 Å². The molecule has 2 amide bonds. The fraction of sp³-hybridized carbons (Fsp3) is 0.391. The number of halogens is 2. The Kier molecular flexibility index (Phi) is 9.12.